The van der Waals surface area contributed by atoms with Crippen LogP contribution in [0.1, 0.15) is 42.3 Å². The highest BCUT2D eigenvalue weighted by atomic mass is 16.4. The van der Waals surface area contributed by atoms with Gasteiger partial charge in [-0.1, -0.05) is 6.92 Å². The average Bonchev–Trinajstić information content (AvgIpc) is 3.06. The molecule has 1 aliphatic rings. The standard InChI is InChI=1S/C13H17NO4/c1-2-3-11-10(6-7-18-11)13(17)14(8-12(15)16)9-4-5-9/h6-7,9H,2-5,8H2,1H3,(H,15,16). The van der Waals surface area contributed by atoms with Gasteiger partial charge < -0.3 is 14.4 Å². The fourth-order valence-corrected chi connectivity index (χ4v) is 2.01. The molecule has 1 saturated carbocycles. The van der Waals surface area contributed by atoms with Gasteiger partial charge in [0, 0.05) is 12.5 Å². The van der Waals surface area contributed by atoms with E-state index in [0.717, 1.165) is 19.3 Å². The van der Waals surface area contributed by atoms with Gasteiger partial charge in [-0.2, -0.15) is 0 Å². The maximum atomic E-state index is 12.3. The highest BCUT2D eigenvalue weighted by Gasteiger charge is 2.35. The van der Waals surface area contributed by atoms with Crippen LogP contribution in [-0.4, -0.2) is 34.5 Å². The average molecular weight is 251 g/mol. The number of carboxylic acids is 1. The quantitative estimate of drug-likeness (QED) is 0.838. The van der Waals surface area contributed by atoms with Crippen LogP contribution in [0.2, 0.25) is 0 Å². The van der Waals surface area contributed by atoms with Crippen molar-refractivity contribution in [1.29, 1.82) is 0 Å². The number of hydrogen-bond donors (Lipinski definition) is 1. The maximum Gasteiger partial charge on any atom is 0.323 e. The molecule has 1 aromatic heterocycles. The van der Waals surface area contributed by atoms with Crippen molar-refractivity contribution < 1.29 is 19.1 Å². The molecule has 2 rings (SSSR count). The van der Waals surface area contributed by atoms with Crippen molar-refractivity contribution in [1.82, 2.24) is 4.90 Å². The van der Waals surface area contributed by atoms with Crippen LogP contribution in [0.4, 0.5) is 0 Å². The molecule has 1 aromatic rings. The fraction of sp³-hybridized carbons (Fsp3) is 0.538. The lowest BCUT2D eigenvalue weighted by Gasteiger charge is -2.19. The van der Waals surface area contributed by atoms with E-state index in [9.17, 15) is 9.59 Å². The fourth-order valence-electron chi connectivity index (χ4n) is 2.01. The molecule has 0 aliphatic heterocycles. The Morgan fingerprint density at radius 3 is 2.78 bits per heavy atom. The molecule has 98 valence electrons. The Hall–Kier alpha value is -1.78. The number of amides is 1. The van der Waals surface area contributed by atoms with E-state index < -0.39 is 5.97 Å². The van der Waals surface area contributed by atoms with Gasteiger partial charge in [-0.15, -0.1) is 0 Å². The SMILES string of the molecule is CCCc1occc1C(=O)N(CC(=O)O)C1CC1. The monoisotopic (exact) mass is 251 g/mol. The Kier molecular flexibility index (Phi) is 3.69. The van der Waals surface area contributed by atoms with Gasteiger partial charge in [0.05, 0.1) is 11.8 Å². The van der Waals surface area contributed by atoms with Gasteiger partial charge in [-0.3, -0.25) is 9.59 Å². The number of rotatable bonds is 6. The van der Waals surface area contributed by atoms with E-state index in [4.69, 9.17) is 9.52 Å². The number of carboxylic acid groups (broad SMARTS) is 1. The van der Waals surface area contributed by atoms with Gasteiger partial charge in [-0.05, 0) is 25.3 Å². The van der Waals surface area contributed by atoms with Crippen molar-refractivity contribution in [2.75, 3.05) is 6.54 Å². The van der Waals surface area contributed by atoms with Crippen LogP contribution >= 0.6 is 0 Å². The van der Waals surface area contributed by atoms with Crippen molar-refractivity contribution in [3.63, 3.8) is 0 Å². The second kappa shape index (κ2) is 5.25. The number of hydrogen-bond acceptors (Lipinski definition) is 3. The lowest BCUT2D eigenvalue weighted by atomic mass is 10.1. The van der Waals surface area contributed by atoms with Crippen LogP contribution in [0.15, 0.2) is 16.7 Å². The lowest BCUT2D eigenvalue weighted by molar-refractivity contribution is -0.137. The van der Waals surface area contributed by atoms with Crippen molar-refractivity contribution in [3.05, 3.63) is 23.7 Å². The molecule has 0 spiro atoms. The molecule has 1 heterocycles. The second-order valence-electron chi connectivity index (χ2n) is 4.57. The van der Waals surface area contributed by atoms with Crippen LogP contribution in [0.3, 0.4) is 0 Å². The van der Waals surface area contributed by atoms with Crippen LogP contribution < -0.4 is 0 Å². The summed E-state index contributed by atoms with van der Waals surface area (Å²) in [7, 11) is 0. The summed E-state index contributed by atoms with van der Waals surface area (Å²) >= 11 is 0. The third kappa shape index (κ3) is 2.72. The summed E-state index contributed by atoms with van der Waals surface area (Å²) in [6.07, 6.45) is 4.85. The van der Waals surface area contributed by atoms with E-state index >= 15 is 0 Å². The third-order valence-corrected chi connectivity index (χ3v) is 3.01. The molecule has 0 saturated heterocycles. The van der Waals surface area contributed by atoms with Crippen molar-refractivity contribution in [2.45, 2.75) is 38.6 Å². The summed E-state index contributed by atoms with van der Waals surface area (Å²) in [6, 6.07) is 1.71. The van der Waals surface area contributed by atoms with Crippen molar-refractivity contribution in [2.24, 2.45) is 0 Å². The zero-order valence-electron chi connectivity index (χ0n) is 10.4. The molecular weight excluding hydrogens is 234 g/mol. The normalized spacial score (nSPS) is 14.5. The van der Waals surface area contributed by atoms with Gasteiger partial charge in [0.25, 0.3) is 5.91 Å². The molecule has 0 bridgehead atoms. The first-order valence-electron chi connectivity index (χ1n) is 6.22. The number of carbonyl (C=O) groups is 2. The molecule has 1 aliphatic carbocycles. The highest BCUT2D eigenvalue weighted by Crippen LogP contribution is 2.29. The molecule has 1 amide bonds. The topological polar surface area (TPSA) is 70.8 Å². The number of carbonyl (C=O) groups excluding carboxylic acids is 1. The first-order valence-corrected chi connectivity index (χ1v) is 6.22. The Morgan fingerprint density at radius 1 is 1.50 bits per heavy atom. The molecule has 0 unspecified atom stereocenters. The molecule has 1 N–H and O–H groups in total. The highest BCUT2D eigenvalue weighted by molar-refractivity contribution is 5.97. The van der Waals surface area contributed by atoms with Gasteiger partial charge in [0.15, 0.2) is 0 Å². The van der Waals surface area contributed by atoms with E-state index in [1.165, 1.54) is 11.2 Å². The summed E-state index contributed by atoms with van der Waals surface area (Å²) in [6.45, 7) is 1.77. The van der Waals surface area contributed by atoms with Gasteiger partial charge in [0.1, 0.15) is 12.3 Å². The molecule has 0 atom stereocenters. The van der Waals surface area contributed by atoms with E-state index in [2.05, 4.69) is 0 Å². The predicted molar refractivity (Wildman–Crippen MR) is 64.4 cm³/mol. The minimum absolute atomic E-state index is 0.0815. The Balaban J connectivity index is 2.16. The molecular formula is C13H17NO4. The smallest absolute Gasteiger partial charge is 0.323 e. The number of nitrogens with zero attached hydrogens (tertiary/aromatic N) is 1. The third-order valence-electron chi connectivity index (χ3n) is 3.01. The van der Waals surface area contributed by atoms with E-state index in [1.54, 1.807) is 6.07 Å². The Labute approximate surface area is 105 Å². The minimum Gasteiger partial charge on any atom is -0.480 e. The van der Waals surface area contributed by atoms with Gasteiger partial charge >= 0.3 is 5.97 Å². The summed E-state index contributed by atoms with van der Waals surface area (Å²) in [5.74, 6) is -0.550. The Morgan fingerprint density at radius 2 is 2.22 bits per heavy atom. The lowest BCUT2D eigenvalue weighted by Crippen LogP contribution is -2.37. The number of aliphatic carboxylic acids is 1. The molecule has 5 heteroatoms. The van der Waals surface area contributed by atoms with Gasteiger partial charge in [-0.25, -0.2) is 0 Å². The molecule has 5 nitrogen and oxygen atoms in total. The van der Waals surface area contributed by atoms with Crippen molar-refractivity contribution >= 4 is 11.9 Å². The van der Waals surface area contributed by atoms with Gasteiger partial charge in [0.2, 0.25) is 0 Å². The van der Waals surface area contributed by atoms with E-state index in [-0.39, 0.29) is 18.5 Å². The Bertz CT molecular complexity index is 448. The number of furan rings is 1. The first kappa shape index (κ1) is 12.7. The number of aryl methyl sites for hydroxylation is 1. The van der Waals surface area contributed by atoms with Crippen LogP contribution in [-0.2, 0) is 11.2 Å². The molecule has 0 radical (unpaired) electrons. The summed E-state index contributed by atoms with van der Waals surface area (Å²) < 4.78 is 5.29. The second-order valence-corrected chi connectivity index (χ2v) is 4.57. The minimum atomic E-state index is -0.976. The van der Waals surface area contributed by atoms with E-state index in [0.29, 0.717) is 17.7 Å². The molecule has 1 fully saturated rings. The van der Waals surface area contributed by atoms with E-state index in [1.807, 2.05) is 6.92 Å². The maximum absolute atomic E-state index is 12.3. The van der Waals surface area contributed by atoms with Crippen LogP contribution in [0, 0.1) is 0 Å². The summed E-state index contributed by atoms with van der Waals surface area (Å²) in [5.41, 5.74) is 0.505. The first-order chi connectivity index (χ1) is 8.63. The molecule has 18 heavy (non-hydrogen) atoms. The zero-order chi connectivity index (χ0) is 13.1. The largest absolute Gasteiger partial charge is 0.480 e. The van der Waals surface area contributed by atoms with Crippen molar-refractivity contribution in [3.8, 4) is 0 Å². The summed E-state index contributed by atoms with van der Waals surface area (Å²) in [5, 5.41) is 8.86. The zero-order valence-corrected chi connectivity index (χ0v) is 10.4. The summed E-state index contributed by atoms with van der Waals surface area (Å²) in [4.78, 5) is 24.6. The van der Waals surface area contributed by atoms with Crippen LogP contribution in [0.5, 0.6) is 0 Å². The molecule has 0 aromatic carbocycles. The predicted octanol–water partition coefficient (Wildman–Crippen LogP) is 1.92. The van der Waals surface area contributed by atoms with Crippen LogP contribution in [0.25, 0.3) is 0 Å².